The molecule has 0 radical (unpaired) electrons. The summed E-state index contributed by atoms with van der Waals surface area (Å²) in [4.78, 5) is 0. The fourth-order valence-corrected chi connectivity index (χ4v) is 6.42. The first-order valence-electron chi connectivity index (χ1n) is 18.4. The molecule has 282 valence electrons. The number of rotatable bonds is 23. The van der Waals surface area contributed by atoms with Crippen molar-refractivity contribution in [3.63, 3.8) is 0 Å². The van der Waals surface area contributed by atoms with E-state index in [1.807, 2.05) is 0 Å². The normalized spacial score (nSPS) is 10.6. The van der Waals surface area contributed by atoms with Crippen LogP contribution in [0.3, 0.4) is 0 Å². The number of hydrogen-bond acceptors (Lipinski definition) is 4. The van der Waals surface area contributed by atoms with Crippen molar-refractivity contribution in [2.75, 3.05) is 52.4 Å². The Labute approximate surface area is 335 Å². The summed E-state index contributed by atoms with van der Waals surface area (Å²) in [6, 6.07) is 42.5. The van der Waals surface area contributed by atoms with E-state index >= 15 is 0 Å². The molecule has 4 rings (SSSR count). The fourth-order valence-electron chi connectivity index (χ4n) is 6.05. The van der Waals surface area contributed by atoms with Gasteiger partial charge in [-0.2, -0.15) is 0 Å². The zero-order chi connectivity index (χ0) is 34.9. The predicted octanol–water partition coefficient (Wildman–Crippen LogP) is 7.94. The van der Waals surface area contributed by atoms with Crippen LogP contribution in [0.25, 0.3) is 0 Å². The molecule has 0 saturated carbocycles. The van der Waals surface area contributed by atoms with E-state index in [0.717, 1.165) is 75.4 Å². The number of thiocarbonyl (C=S) groups is 2. The Morgan fingerprint density at radius 1 is 0.365 bits per heavy atom. The first kappa shape index (κ1) is 44.9. The second kappa shape index (κ2) is 28.3. The van der Waals surface area contributed by atoms with E-state index in [4.69, 9.17) is 24.4 Å². The summed E-state index contributed by atoms with van der Waals surface area (Å²) in [7, 11) is 0. The second-order valence-corrected chi connectivity index (χ2v) is 13.5. The van der Waals surface area contributed by atoms with E-state index in [9.17, 15) is 0 Å². The predicted molar refractivity (Wildman–Crippen MR) is 235 cm³/mol. The van der Waals surface area contributed by atoms with Crippen LogP contribution in [0, 0.1) is 0 Å². The molecule has 0 aliphatic heterocycles. The van der Waals surface area contributed by atoms with E-state index in [-0.39, 0.29) is 36.6 Å². The van der Waals surface area contributed by atoms with E-state index in [2.05, 4.69) is 153 Å². The smallest absolute Gasteiger partial charge is 0.166 e. The lowest BCUT2D eigenvalue weighted by atomic mass is 9.91. The maximum Gasteiger partial charge on any atom is 0.166 e. The lowest BCUT2D eigenvalue weighted by Crippen LogP contribution is -2.38. The average Bonchev–Trinajstić information content (AvgIpc) is 3.16. The van der Waals surface area contributed by atoms with Gasteiger partial charge in [0, 0.05) is 38.0 Å². The lowest BCUT2D eigenvalue weighted by Gasteiger charge is -2.20. The Morgan fingerprint density at radius 3 is 0.962 bits per heavy atom. The summed E-state index contributed by atoms with van der Waals surface area (Å²) in [5.74, 6) is 0.517. The van der Waals surface area contributed by atoms with Gasteiger partial charge in [0.15, 0.2) is 10.2 Å². The molecule has 0 heterocycles. The van der Waals surface area contributed by atoms with Gasteiger partial charge >= 0.3 is 0 Å². The van der Waals surface area contributed by atoms with E-state index in [0.29, 0.717) is 0 Å². The SMILES string of the molecule is Cl.Cl.S=C(NCCCNCCCCCCNCCCNC(=S)NCC(c1ccccc1)c1ccccc1)NCC(c1ccccc1)c1ccccc1. The molecule has 0 bridgehead atoms. The lowest BCUT2D eigenvalue weighted by molar-refractivity contribution is 0.551. The van der Waals surface area contributed by atoms with Gasteiger partial charge in [0.25, 0.3) is 0 Å². The molecule has 6 N–H and O–H groups in total. The van der Waals surface area contributed by atoms with Gasteiger partial charge in [0.05, 0.1) is 0 Å². The molecule has 6 nitrogen and oxygen atoms in total. The zero-order valence-electron chi connectivity index (χ0n) is 30.2. The number of nitrogens with one attached hydrogen (secondary N) is 6. The molecule has 0 aliphatic carbocycles. The van der Waals surface area contributed by atoms with Gasteiger partial charge in [-0.05, 0) is 98.6 Å². The summed E-state index contributed by atoms with van der Waals surface area (Å²) in [5.41, 5.74) is 5.17. The standard InChI is InChI=1S/C42H56N6S2.2ClH/c49-41(47-33-39(35-19-7-3-8-20-35)36-21-9-4-10-22-36)45-31-17-29-43-27-15-1-2-16-28-44-30-18-32-46-42(50)48-34-40(37-23-11-5-12-24-37)38-25-13-6-14-26-38;;/h3-14,19-26,39-40,43-44H,1-2,15-18,27-34H2,(H2,45,47,49)(H2,46,48,50);2*1H. The highest BCUT2D eigenvalue weighted by Gasteiger charge is 2.15. The van der Waals surface area contributed by atoms with Crippen LogP contribution in [-0.2, 0) is 0 Å². The molecule has 0 spiro atoms. The Bertz CT molecular complexity index is 1280. The van der Waals surface area contributed by atoms with Gasteiger partial charge in [0.1, 0.15) is 0 Å². The topological polar surface area (TPSA) is 72.2 Å². The Morgan fingerprint density at radius 2 is 0.654 bits per heavy atom. The summed E-state index contributed by atoms with van der Waals surface area (Å²) in [6.07, 6.45) is 7.06. The quantitative estimate of drug-likeness (QED) is 0.0335. The van der Waals surface area contributed by atoms with Crippen LogP contribution in [-0.4, -0.2) is 62.6 Å². The minimum absolute atomic E-state index is 0. The summed E-state index contributed by atoms with van der Waals surface area (Å²) >= 11 is 11.1. The third-order valence-electron chi connectivity index (χ3n) is 8.83. The van der Waals surface area contributed by atoms with Gasteiger partial charge in [-0.1, -0.05) is 134 Å². The molecule has 4 aromatic carbocycles. The van der Waals surface area contributed by atoms with Crippen molar-refractivity contribution in [1.29, 1.82) is 0 Å². The van der Waals surface area contributed by atoms with Crippen LogP contribution in [0.15, 0.2) is 121 Å². The van der Waals surface area contributed by atoms with E-state index < -0.39 is 0 Å². The van der Waals surface area contributed by atoms with Crippen molar-refractivity contribution in [3.8, 4) is 0 Å². The Kier molecular flexibility index (Phi) is 24.4. The molecule has 0 unspecified atom stereocenters. The fraction of sp³-hybridized carbons (Fsp3) is 0.381. The largest absolute Gasteiger partial charge is 0.363 e. The van der Waals surface area contributed by atoms with Crippen molar-refractivity contribution in [3.05, 3.63) is 144 Å². The number of benzene rings is 4. The first-order chi connectivity index (χ1) is 24.7. The second-order valence-electron chi connectivity index (χ2n) is 12.6. The van der Waals surface area contributed by atoms with Crippen molar-refractivity contribution < 1.29 is 0 Å². The monoisotopic (exact) mass is 780 g/mol. The molecule has 0 saturated heterocycles. The Balaban J connectivity index is 0.00000468. The maximum absolute atomic E-state index is 5.57. The van der Waals surface area contributed by atoms with Crippen LogP contribution in [0.2, 0.25) is 0 Å². The average molecular weight is 782 g/mol. The number of unbranched alkanes of at least 4 members (excludes halogenated alkanes) is 3. The molecule has 52 heavy (non-hydrogen) atoms. The molecule has 0 aromatic heterocycles. The van der Waals surface area contributed by atoms with E-state index in [1.54, 1.807) is 0 Å². The van der Waals surface area contributed by atoms with Crippen LogP contribution < -0.4 is 31.9 Å². The van der Waals surface area contributed by atoms with Gasteiger partial charge in [0.2, 0.25) is 0 Å². The molecule has 4 aromatic rings. The summed E-state index contributed by atoms with van der Waals surface area (Å²) in [6.45, 7) is 7.42. The van der Waals surface area contributed by atoms with Gasteiger partial charge in [-0.15, -0.1) is 24.8 Å². The highest BCUT2D eigenvalue weighted by molar-refractivity contribution is 7.80. The summed E-state index contributed by atoms with van der Waals surface area (Å²) in [5, 5.41) is 22.2. The highest BCUT2D eigenvalue weighted by Crippen LogP contribution is 2.24. The van der Waals surface area contributed by atoms with Crippen molar-refractivity contribution in [2.24, 2.45) is 0 Å². The third kappa shape index (κ3) is 18.0. The molecule has 0 amide bonds. The zero-order valence-corrected chi connectivity index (χ0v) is 33.5. The number of halogens is 2. The molecule has 0 atom stereocenters. The third-order valence-corrected chi connectivity index (χ3v) is 9.41. The van der Waals surface area contributed by atoms with Gasteiger partial charge < -0.3 is 31.9 Å². The van der Waals surface area contributed by atoms with Crippen molar-refractivity contribution in [1.82, 2.24) is 31.9 Å². The minimum Gasteiger partial charge on any atom is -0.363 e. The van der Waals surface area contributed by atoms with Crippen molar-refractivity contribution >= 4 is 59.5 Å². The Hall–Kier alpha value is -3.24. The molecule has 0 fully saturated rings. The summed E-state index contributed by atoms with van der Waals surface area (Å²) < 4.78 is 0. The minimum atomic E-state index is 0. The van der Waals surface area contributed by atoms with Gasteiger partial charge in [-0.25, -0.2) is 0 Å². The maximum atomic E-state index is 5.57. The van der Waals surface area contributed by atoms with Gasteiger partial charge in [-0.3, -0.25) is 0 Å². The van der Waals surface area contributed by atoms with Crippen LogP contribution >= 0.6 is 49.2 Å². The first-order valence-corrected chi connectivity index (χ1v) is 19.2. The molecular formula is C42H58Cl2N6S2. The van der Waals surface area contributed by atoms with Crippen molar-refractivity contribution in [2.45, 2.75) is 50.4 Å². The number of hydrogen-bond donors (Lipinski definition) is 6. The van der Waals surface area contributed by atoms with E-state index in [1.165, 1.54) is 47.9 Å². The van der Waals surface area contributed by atoms with Crippen LogP contribution in [0.5, 0.6) is 0 Å². The molecule has 0 aliphatic rings. The molecular weight excluding hydrogens is 724 g/mol. The van der Waals surface area contributed by atoms with Crippen LogP contribution in [0.1, 0.15) is 72.6 Å². The molecule has 10 heteroatoms. The van der Waals surface area contributed by atoms with Crippen LogP contribution in [0.4, 0.5) is 0 Å². The highest BCUT2D eigenvalue weighted by atomic mass is 35.5.